The van der Waals surface area contributed by atoms with E-state index in [2.05, 4.69) is 10.6 Å². The van der Waals surface area contributed by atoms with Gasteiger partial charge in [0.1, 0.15) is 12.0 Å². The number of nitrogens with one attached hydrogen (secondary N) is 2. The van der Waals surface area contributed by atoms with Gasteiger partial charge in [0.25, 0.3) is 0 Å². The Morgan fingerprint density at radius 3 is 2.50 bits per heavy atom. The molecule has 3 rings (SSSR count). The summed E-state index contributed by atoms with van der Waals surface area (Å²) in [6, 6.07) is 7.70. The van der Waals surface area contributed by atoms with E-state index in [0.717, 1.165) is 12.8 Å². The maximum absolute atomic E-state index is 13.5. The van der Waals surface area contributed by atoms with Crippen molar-refractivity contribution >= 4 is 23.7 Å². The van der Waals surface area contributed by atoms with Gasteiger partial charge in [0, 0.05) is 32.7 Å². The number of hydrogen-bond donors (Lipinski definition) is 3. The Balaban J connectivity index is 1.94. The van der Waals surface area contributed by atoms with Gasteiger partial charge in [-0.05, 0) is 38.2 Å². The summed E-state index contributed by atoms with van der Waals surface area (Å²) in [6.45, 7) is 2.78. The van der Waals surface area contributed by atoms with Crippen LogP contribution < -0.4 is 10.6 Å². The van der Waals surface area contributed by atoms with E-state index >= 15 is 0 Å². The molecule has 0 saturated carbocycles. The lowest BCUT2D eigenvalue weighted by Crippen LogP contribution is -2.50. The summed E-state index contributed by atoms with van der Waals surface area (Å²) < 4.78 is 11.4. The fraction of sp³-hybridized carbons (Fsp3) is 0.571. The normalized spacial score (nSPS) is 25.5. The lowest BCUT2D eigenvalue weighted by Gasteiger charge is -2.31. The van der Waals surface area contributed by atoms with Gasteiger partial charge >= 0.3 is 5.97 Å². The third-order valence-corrected chi connectivity index (χ3v) is 6.88. The molecule has 0 radical (unpaired) electrons. The van der Waals surface area contributed by atoms with Crippen molar-refractivity contribution in [3.63, 3.8) is 0 Å². The third-order valence-electron chi connectivity index (χ3n) is 6.88. The number of aliphatic hydroxyl groups excluding tert-OH is 1. The minimum absolute atomic E-state index is 0.0178. The van der Waals surface area contributed by atoms with Gasteiger partial charge in [-0.3, -0.25) is 19.2 Å². The fourth-order valence-electron chi connectivity index (χ4n) is 4.70. The van der Waals surface area contributed by atoms with Crippen LogP contribution in [0.25, 0.3) is 0 Å². The second-order valence-electron chi connectivity index (χ2n) is 9.92. The number of amides is 3. The lowest BCUT2D eigenvalue weighted by molar-refractivity contribution is -0.160. The molecule has 10 nitrogen and oxygen atoms in total. The first kappa shape index (κ1) is 29.3. The van der Waals surface area contributed by atoms with Crippen LogP contribution in [0, 0.1) is 11.8 Å². The van der Waals surface area contributed by atoms with Gasteiger partial charge in [-0.2, -0.15) is 0 Å². The summed E-state index contributed by atoms with van der Waals surface area (Å²) in [5.41, 5.74) is 0.648. The number of hydrogen-bond acceptors (Lipinski definition) is 7. The molecule has 38 heavy (non-hydrogen) atoms. The topological polar surface area (TPSA) is 134 Å². The van der Waals surface area contributed by atoms with Crippen LogP contribution in [0.5, 0.6) is 0 Å². The van der Waals surface area contributed by atoms with Crippen LogP contribution in [-0.4, -0.2) is 79.2 Å². The van der Waals surface area contributed by atoms with Crippen LogP contribution in [0.15, 0.2) is 42.5 Å². The summed E-state index contributed by atoms with van der Waals surface area (Å²) in [7, 11) is 1.47. The third kappa shape index (κ3) is 8.13. The number of aliphatic hydroxyl groups is 1. The number of carbonyl (C=O) groups is 4. The average molecular weight is 530 g/mol. The standard InChI is InChI=1S/C28H39N3O7/c1-19(17-32)29-26(34)22-13-7-6-12-21(16-24(33)31-14-8-9-15-31)28(36)38-25(20-10-4-3-5-11-20)23(18-37-2)30-27(22)35/h3-7,10-11,19,21-23,25,32H,8-9,12-18H2,1-2H3,(H,29,34)(H,30,35)/t19-,21?,22?,23?,25?/m0/s1. The summed E-state index contributed by atoms with van der Waals surface area (Å²) in [6.07, 6.45) is 4.74. The molecule has 3 N–H and O–H groups in total. The zero-order chi connectivity index (χ0) is 27.5. The SMILES string of the molecule is COCC1NC(=O)C(C(=O)N[C@@H](C)CO)CC=CCC(CC(=O)N2CCCC2)C(=O)OC1c1ccccc1. The van der Waals surface area contributed by atoms with Crippen molar-refractivity contribution in [3.05, 3.63) is 48.0 Å². The largest absolute Gasteiger partial charge is 0.455 e. The van der Waals surface area contributed by atoms with Crippen LogP contribution in [0.2, 0.25) is 0 Å². The molecule has 208 valence electrons. The molecule has 2 aliphatic rings. The second kappa shape index (κ2) is 14.6. The van der Waals surface area contributed by atoms with Crippen molar-refractivity contribution < 1.29 is 33.8 Å². The zero-order valence-electron chi connectivity index (χ0n) is 22.1. The molecule has 2 aliphatic heterocycles. The number of rotatable bonds is 8. The highest BCUT2D eigenvalue weighted by Gasteiger charge is 2.36. The van der Waals surface area contributed by atoms with Crippen molar-refractivity contribution in [1.82, 2.24) is 15.5 Å². The van der Waals surface area contributed by atoms with Gasteiger partial charge < -0.3 is 30.1 Å². The first-order valence-electron chi connectivity index (χ1n) is 13.2. The summed E-state index contributed by atoms with van der Waals surface area (Å²) in [5, 5.41) is 14.9. The molecule has 3 amide bonds. The quantitative estimate of drug-likeness (QED) is 0.264. The average Bonchev–Trinajstić information content (AvgIpc) is 3.45. The number of nitrogens with zero attached hydrogens (tertiary/aromatic N) is 1. The van der Waals surface area contributed by atoms with Crippen molar-refractivity contribution in [1.29, 1.82) is 0 Å². The van der Waals surface area contributed by atoms with Crippen LogP contribution in [-0.2, 0) is 28.7 Å². The highest BCUT2D eigenvalue weighted by molar-refractivity contribution is 6.00. The Kier molecular flexibility index (Phi) is 11.3. The van der Waals surface area contributed by atoms with Crippen LogP contribution in [0.3, 0.4) is 0 Å². The molecule has 0 aromatic heterocycles. The summed E-state index contributed by atoms with van der Waals surface area (Å²) >= 11 is 0. The number of ether oxygens (including phenoxy) is 2. The molecule has 5 atom stereocenters. The van der Waals surface area contributed by atoms with Crippen molar-refractivity contribution in [2.45, 2.75) is 57.2 Å². The zero-order valence-corrected chi connectivity index (χ0v) is 22.1. The molecule has 1 saturated heterocycles. The van der Waals surface area contributed by atoms with Gasteiger partial charge in [-0.25, -0.2) is 0 Å². The van der Waals surface area contributed by atoms with E-state index in [-0.39, 0.29) is 38.4 Å². The maximum Gasteiger partial charge on any atom is 0.310 e. The number of likely N-dealkylation sites (tertiary alicyclic amines) is 1. The van der Waals surface area contributed by atoms with Crippen molar-refractivity contribution in [3.8, 4) is 0 Å². The highest BCUT2D eigenvalue weighted by atomic mass is 16.5. The molecule has 1 fully saturated rings. The van der Waals surface area contributed by atoms with E-state index in [1.54, 1.807) is 48.2 Å². The molecule has 0 aliphatic carbocycles. The Morgan fingerprint density at radius 2 is 1.84 bits per heavy atom. The Bertz CT molecular complexity index is 978. The Hall–Kier alpha value is -3.24. The molecular formula is C28H39N3O7. The predicted octanol–water partition coefficient (Wildman–Crippen LogP) is 1.49. The first-order chi connectivity index (χ1) is 18.3. The number of cyclic esters (lactones) is 1. The smallest absolute Gasteiger partial charge is 0.310 e. The van der Waals surface area contributed by atoms with E-state index in [1.807, 2.05) is 6.07 Å². The Morgan fingerprint density at radius 1 is 1.16 bits per heavy atom. The molecule has 0 bridgehead atoms. The maximum atomic E-state index is 13.5. The van der Waals surface area contributed by atoms with E-state index < -0.39 is 47.8 Å². The van der Waals surface area contributed by atoms with Crippen LogP contribution in [0.1, 0.15) is 50.7 Å². The summed E-state index contributed by atoms with van der Waals surface area (Å²) in [5.74, 6) is -3.47. The van der Waals surface area contributed by atoms with Gasteiger partial charge in [-0.15, -0.1) is 0 Å². The second-order valence-corrected chi connectivity index (χ2v) is 9.92. The van der Waals surface area contributed by atoms with E-state index in [1.165, 1.54) is 7.11 Å². The van der Waals surface area contributed by atoms with Crippen LogP contribution in [0.4, 0.5) is 0 Å². The number of methoxy groups -OCH3 is 1. The van der Waals surface area contributed by atoms with Crippen LogP contribution >= 0.6 is 0 Å². The highest BCUT2D eigenvalue weighted by Crippen LogP contribution is 2.27. The number of carbonyl (C=O) groups excluding carboxylic acids is 4. The van der Waals surface area contributed by atoms with Gasteiger partial charge in [-0.1, -0.05) is 42.5 Å². The molecular weight excluding hydrogens is 490 g/mol. The molecule has 1 aromatic carbocycles. The Labute approximate surface area is 223 Å². The van der Waals surface area contributed by atoms with Gasteiger partial charge in [0.05, 0.1) is 25.2 Å². The lowest BCUT2D eigenvalue weighted by atomic mass is 9.95. The monoisotopic (exact) mass is 529 g/mol. The molecule has 1 aromatic rings. The van der Waals surface area contributed by atoms with E-state index in [0.29, 0.717) is 18.7 Å². The minimum Gasteiger partial charge on any atom is -0.455 e. The number of esters is 1. The van der Waals surface area contributed by atoms with Crippen molar-refractivity contribution in [2.75, 3.05) is 33.4 Å². The number of allylic oxidation sites excluding steroid dienone is 2. The molecule has 0 spiro atoms. The molecule has 2 heterocycles. The molecule has 4 unspecified atom stereocenters. The predicted molar refractivity (Wildman–Crippen MR) is 140 cm³/mol. The first-order valence-corrected chi connectivity index (χ1v) is 13.2. The van der Waals surface area contributed by atoms with E-state index in [4.69, 9.17) is 9.47 Å². The summed E-state index contributed by atoms with van der Waals surface area (Å²) in [4.78, 5) is 54.4. The minimum atomic E-state index is -1.07. The molecule has 10 heteroatoms. The fourth-order valence-corrected chi connectivity index (χ4v) is 4.70. The van der Waals surface area contributed by atoms with E-state index in [9.17, 15) is 24.3 Å². The van der Waals surface area contributed by atoms with Gasteiger partial charge in [0.15, 0.2) is 0 Å². The number of benzene rings is 1. The van der Waals surface area contributed by atoms with Crippen molar-refractivity contribution in [2.24, 2.45) is 11.8 Å². The van der Waals surface area contributed by atoms with Gasteiger partial charge in [0.2, 0.25) is 17.7 Å².